The number of rotatable bonds is 3. The fraction of sp³-hybridized carbons (Fsp3) is 0.200. The molecule has 0 saturated heterocycles. The lowest BCUT2D eigenvalue weighted by Crippen LogP contribution is -2.10. The first kappa shape index (κ1) is 10.3. The Morgan fingerprint density at radius 3 is 3.07 bits per heavy atom. The van der Waals surface area contributed by atoms with E-state index >= 15 is 0 Å². The minimum absolute atomic E-state index is 0.483. The second kappa shape index (κ2) is 4.55. The second-order valence-corrected chi connectivity index (χ2v) is 3.88. The lowest BCUT2D eigenvalue weighted by Gasteiger charge is -2.06. The van der Waals surface area contributed by atoms with Gasteiger partial charge in [-0.2, -0.15) is 0 Å². The molecule has 0 atom stereocenters. The zero-order valence-corrected chi connectivity index (χ0v) is 9.57. The van der Waals surface area contributed by atoms with E-state index in [0.717, 1.165) is 21.3 Å². The van der Waals surface area contributed by atoms with Crippen molar-refractivity contribution in [2.75, 3.05) is 13.2 Å². The van der Waals surface area contributed by atoms with Crippen molar-refractivity contribution in [1.82, 2.24) is 9.97 Å². The van der Waals surface area contributed by atoms with Crippen LogP contribution in [0.1, 0.15) is 0 Å². The van der Waals surface area contributed by atoms with Crippen LogP contribution in [0.25, 0.3) is 11.0 Å². The summed E-state index contributed by atoms with van der Waals surface area (Å²) >= 11 is 3.35. The van der Waals surface area contributed by atoms with Crippen LogP contribution in [0.15, 0.2) is 29.0 Å². The van der Waals surface area contributed by atoms with E-state index in [1.54, 1.807) is 18.5 Å². The number of ether oxygens (including phenoxy) is 1. The summed E-state index contributed by atoms with van der Waals surface area (Å²) in [6.45, 7) is 0.969. The van der Waals surface area contributed by atoms with Crippen molar-refractivity contribution in [3.8, 4) is 5.75 Å². The molecule has 0 radical (unpaired) electrons. The van der Waals surface area contributed by atoms with E-state index in [0.29, 0.717) is 13.2 Å². The van der Waals surface area contributed by atoms with Gasteiger partial charge in [-0.3, -0.25) is 4.98 Å². The van der Waals surface area contributed by atoms with Crippen molar-refractivity contribution in [3.63, 3.8) is 0 Å². The number of hydrogen-bond acceptors (Lipinski definition) is 4. The second-order valence-electron chi connectivity index (χ2n) is 2.97. The third-order valence-corrected chi connectivity index (χ3v) is 2.32. The molecule has 0 bridgehead atoms. The Morgan fingerprint density at radius 1 is 1.40 bits per heavy atom. The van der Waals surface area contributed by atoms with Crippen molar-refractivity contribution in [2.24, 2.45) is 5.73 Å². The van der Waals surface area contributed by atoms with Gasteiger partial charge in [0.2, 0.25) is 0 Å². The van der Waals surface area contributed by atoms with E-state index in [2.05, 4.69) is 25.9 Å². The average Bonchev–Trinajstić information content (AvgIpc) is 2.25. The van der Waals surface area contributed by atoms with Crippen LogP contribution in [0.2, 0.25) is 0 Å². The van der Waals surface area contributed by atoms with E-state index in [9.17, 15) is 0 Å². The molecule has 0 spiro atoms. The molecule has 4 nitrogen and oxygen atoms in total. The summed E-state index contributed by atoms with van der Waals surface area (Å²) in [5, 5.41) is 0. The molecular weight excluding hydrogens is 258 g/mol. The molecule has 2 aromatic heterocycles. The Kier molecular flexibility index (Phi) is 3.13. The van der Waals surface area contributed by atoms with E-state index in [1.807, 2.05) is 6.07 Å². The van der Waals surface area contributed by atoms with E-state index in [-0.39, 0.29) is 0 Å². The number of pyridine rings is 2. The molecule has 0 unspecified atom stereocenters. The maximum Gasteiger partial charge on any atom is 0.148 e. The first-order chi connectivity index (χ1) is 7.31. The van der Waals surface area contributed by atoms with Crippen LogP contribution < -0.4 is 10.5 Å². The molecule has 0 fully saturated rings. The first-order valence-corrected chi connectivity index (χ1v) is 5.33. The number of nitrogens with two attached hydrogens (primary N) is 1. The summed E-state index contributed by atoms with van der Waals surface area (Å²) in [5.41, 5.74) is 6.94. The topological polar surface area (TPSA) is 61.0 Å². The number of hydrogen-bond donors (Lipinski definition) is 1. The highest BCUT2D eigenvalue weighted by Crippen LogP contribution is 2.23. The molecule has 2 heterocycles. The standard InChI is InChI=1S/C10H10BrN3O/c11-7-5-8-10(14-6-7)9(1-3-13-8)15-4-2-12/h1,3,5-6H,2,4,12H2. The Bertz CT molecular complexity index is 475. The van der Waals surface area contributed by atoms with Gasteiger partial charge in [-0.05, 0) is 22.0 Å². The van der Waals surface area contributed by atoms with Crippen molar-refractivity contribution in [3.05, 3.63) is 29.0 Å². The third-order valence-electron chi connectivity index (χ3n) is 1.88. The number of fused-ring (bicyclic) bond motifs is 1. The van der Waals surface area contributed by atoms with Crippen LogP contribution in [0.5, 0.6) is 5.75 Å². The van der Waals surface area contributed by atoms with Gasteiger partial charge in [0.05, 0.1) is 5.52 Å². The molecule has 2 rings (SSSR count). The lowest BCUT2D eigenvalue weighted by molar-refractivity contribution is 0.331. The van der Waals surface area contributed by atoms with Gasteiger partial charge in [-0.1, -0.05) is 0 Å². The lowest BCUT2D eigenvalue weighted by atomic mass is 10.3. The largest absolute Gasteiger partial charge is 0.490 e. The fourth-order valence-corrected chi connectivity index (χ4v) is 1.59. The van der Waals surface area contributed by atoms with Crippen LogP contribution in [0, 0.1) is 0 Å². The molecule has 0 aliphatic heterocycles. The quantitative estimate of drug-likeness (QED) is 0.920. The molecule has 0 aliphatic carbocycles. The van der Waals surface area contributed by atoms with Crippen LogP contribution in [0.3, 0.4) is 0 Å². The predicted molar refractivity (Wildman–Crippen MR) is 61.8 cm³/mol. The summed E-state index contributed by atoms with van der Waals surface area (Å²) in [5.74, 6) is 0.720. The van der Waals surface area contributed by atoms with Crippen LogP contribution in [-0.2, 0) is 0 Å². The molecule has 5 heteroatoms. The molecule has 0 saturated carbocycles. The minimum Gasteiger partial charge on any atom is -0.490 e. The molecule has 78 valence electrons. The SMILES string of the molecule is NCCOc1ccnc2cc(Br)cnc12. The highest BCUT2D eigenvalue weighted by molar-refractivity contribution is 9.10. The first-order valence-electron chi connectivity index (χ1n) is 4.54. The van der Waals surface area contributed by atoms with E-state index in [1.165, 1.54) is 0 Å². The molecule has 0 amide bonds. The van der Waals surface area contributed by atoms with Gasteiger partial charge in [0.25, 0.3) is 0 Å². The fourth-order valence-electron chi connectivity index (χ4n) is 1.27. The molecule has 15 heavy (non-hydrogen) atoms. The Labute approximate surface area is 95.6 Å². The molecular formula is C10H10BrN3O. The van der Waals surface area contributed by atoms with Crippen molar-refractivity contribution in [2.45, 2.75) is 0 Å². The van der Waals surface area contributed by atoms with Crippen LogP contribution >= 0.6 is 15.9 Å². The van der Waals surface area contributed by atoms with Gasteiger partial charge in [-0.25, -0.2) is 4.98 Å². The van der Waals surface area contributed by atoms with Crippen molar-refractivity contribution >= 4 is 27.0 Å². The zero-order chi connectivity index (χ0) is 10.7. The van der Waals surface area contributed by atoms with Crippen LogP contribution in [0.4, 0.5) is 0 Å². The van der Waals surface area contributed by atoms with E-state index < -0.39 is 0 Å². The zero-order valence-electron chi connectivity index (χ0n) is 7.98. The Hall–Kier alpha value is -1.20. The van der Waals surface area contributed by atoms with Gasteiger partial charge in [0.15, 0.2) is 0 Å². The van der Waals surface area contributed by atoms with Gasteiger partial charge in [0, 0.05) is 29.5 Å². The van der Waals surface area contributed by atoms with Gasteiger partial charge >= 0.3 is 0 Å². The average molecular weight is 268 g/mol. The summed E-state index contributed by atoms with van der Waals surface area (Å²) < 4.78 is 6.37. The highest BCUT2D eigenvalue weighted by atomic mass is 79.9. The summed E-state index contributed by atoms with van der Waals surface area (Å²) in [4.78, 5) is 8.47. The molecule has 0 aliphatic rings. The predicted octanol–water partition coefficient (Wildman–Crippen LogP) is 1.73. The number of aromatic nitrogens is 2. The van der Waals surface area contributed by atoms with E-state index in [4.69, 9.17) is 10.5 Å². The van der Waals surface area contributed by atoms with Crippen molar-refractivity contribution in [1.29, 1.82) is 0 Å². The minimum atomic E-state index is 0.483. The summed E-state index contributed by atoms with van der Waals surface area (Å²) in [7, 11) is 0. The Balaban J connectivity index is 2.46. The van der Waals surface area contributed by atoms with Crippen molar-refractivity contribution < 1.29 is 4.74 Å². The maximum absolute atomic E-state index is 5.47. The third kappa shape index (κ3) is 2.24. The number of halogens is 1. The van der Waals surface area contributed by atoms with Crippen LogP contribution in [-0.4, -0.2) is 23.1 Å². The normalized spacial score (nSPS) is 10.5. The Morgan fingerprint density at radius 2 is 2.27 bits per heavy atom. The molecule has 0 aromatic carbocycles. The summed E-state index contributed by atoms with van der Waals surface area (Å²) in [6.07, 6.45) is 3.42. The maximum atomic E-state index is 5.47. The van der Waals surface area contributed by atoms with Gasteiger partial charge in [-0.15, -0.1) is 0 Å². The smallest absolute Gasteiger partial charge is 0.148 e. The molecule has 2 N–H and O–H groups in total. The van der Waals surface area contributed by atoms with Gasteiger partial charge in [0.1, 0.15) is 17.9 Å². The monoisotopic (exact) mass is 267 g/mol. The van der Waals surface area contributed by atoms with Gasteiger partial charge < -0.3 is 10.5 Å². The summed E-state index contributed by atoms with van der Waals surface area (Å²) in [6, 6.07) is 3.69. The molecule has 2 aromatic rings. The number of nitrogens with zero attached hydrogens (tertiary/aromatic N) is 2. The highest BCUT2D eigenvalue weighted by Gasteiger charge is 2.04.